The summed E-state index contributed by atoms with van der Waals surface area (Å²) in [5.74, 6) is 5.86. The molecular formula is C17H19N3O2S. The Hall–Kier alpha value is -2.36. The third kappa shape index (κ3) is 4.31. The largest absolute Gasteiger partial charge is 0.381 e. The van der Waals surface area contributed by atoms with Gasteiger partial charge in [-0.1, -0.05) is 31.8 Å². The second-order valence-corrected chi connectivity index (χ2v) is 6.41. The van der Waals surface area contributed by atoms with Gasteiger partial charge in [0.25, 0.3) is 0 Å². The average molecular weight is 329 g/mol. The molecule has 2 amide bonds. The Morgan fingerprint density at radius 1 is 1.39 bits per heavy atom. The van der Waals surface area contributed by atoms with E-state index in [1.807, 2.05) is 0 Å². The van der Waals surface area contributed by atoms with Crippen LogP contribution >= 0.6 is 11.3 Å². The maximum atomic E-state index is 11.9. The molecule has 0 radical (unpaired) electrons. The molecular weight excluding hydrogens is 310 g/mol. The van der Waals surface area contributed by atoms with Crippen LogP contribution in [0.4, 0.5) is 15.6 Å². The molecule has 0 aliphatic rings. The highest BCUT2D eigenvalue weighted by Crippen LogP contribution is 2.32. The van der Waals surface area contributed by atoms with Gasteiger partial charge in [0.05, 0.1) is 5.69 Å². The number of urea groups is 1. The predicted molar refractivity (Wildman–Crippen MR) is 92.9 cm³/mol. The minimum atomic E-state index is -0.710. The highest BCUT2D eigenvalue weighted by atomic mass is 32.1. The van der Waals surface area contributed by atoms with Crippen LogP contribution in [0.25, 0.3) is 0 Å². The Bertz CT molecular complexity index is 756. The van der Waals surface area contributed by atoms with Crippen molar-refractivity contribution >= 4 is 28.2 Å². The van der Waals surface area contributed by atoms with Crippen molar-refractivity contribution in [3.05, 3.63) is 40.9 Å². The number of nitrogens with two attached hydrogens (primary N) is 1. The molecule has 6 heteroatoms. The molecule has 1 aromatic heterocycles. The quantitative estimate of drug-likeness (QED) is 0.849. The van der Waals surface area contributed by atoms with E-state index in [1.165, 1.54) is 16.2 Å². The van der Waals surface area contributed by atoms with Gasteiger partial charge in [-0.15, -0.1) is 11.3 Å². The minimum Gasteiger partial charge on any atom is -0.381 e. The zero-order chi connectivity index (χ0) is 17.0. The normalized spacial score (nSPS) is 11.7. The summed E-state index contributed by atoms with van der Waals surface area (Å²) in [6.45, 7) is 5.73. The molecule has 1 aromatic carbocycles. The van der Waals surface area contributed by atoms with E-state index in [2.05, 4.69) is 30.7 Å². The van der Waals surface area contributed by atoms with Crippen molar-refractivity contribution in [2.75, 3.05) is 4.90 Å². The summed E-state index contributed by atoms with van der Waals surface area (Å²) in [5.41, 5.74) is 6.82. The third-order valence-corrected chi connectivity index (χ3v) is 4.30. The van der Waals surface area contributed by atoms with Crippen molar-refractivity contribution in [2.45, 2.75) is 32.8 Å². The Kier molecular flexibility index (Phi) is 5.37. The maximum absolute atomic E-state index is 11.9. The summed E-state index contributed by atoms with van der Waals surface area (Å²) in [4.78, 5) is 18.6. The van der Waals surface area contributed by atoms with Gasteiger partial charge in [0.15, 0.2) is 5.13 Å². The SMILES string of the molecule is CC(O)C#Cc1cccc(N(C(N)=O)c2ncc(C(C)C)s2)c1. The van der Waals surface area contributed by atoms with Crippen LogP contribution in [0, 0.1) is 11.8 Å². The molecule has 2 rings (SSSR count). The van der Waals surface area contributed by atoms with Gasteiger partial charge in [-0.25, -0.2) is 14.7 Å². The Morgan fingerprint density at radius 3 is 2.70 bits per heavy atom. The summed E-state index contributed by atoms with van der Waals surface area (Å²) in [6.07, 6.45) is 1.05. The number of aliphatic hydroxyl groups is 1. The van der Waals surface area contributed by atoms with Crippen LogP contribution in [0.5, 0.6) is 0 Å². The molecule has 0 fully saturated rings. The lowest BCUT2D eigenvalue weighted by Crippen LogP contribution is -2.31. The standard InChI is InChI=1S/C17H19N3O2S/c1-11(2)15-10-19-17(23-15)20(16(18)22)14-6-4-5-13(9-14)8-7-12(3)21/h4-6,9-12,21H,1-3H3,(H2,18,22). The van der Waals surface area contributed by atoms with Crippen LogP contribution in [0.2, 0.25) is 0 Å². The zero-order valence-electron chi connectivity index (χ0n) is 13.3. The average Bonchev–Trinajstić information content (AvgIpc) is 2.95. The van der Waals surface area contributed by atoms with Crippen LogP contribution in [-0.4, -0.2) is 22.2 Å². The third-order valence-electron chi connectivity index (χ3n) is 3.02. The van der Waals surface area contributed by atoms with E-state index in [9.17, 15) is 9.90 Å². The number of hydrogen-bond donors (Lipinski definition) is 2. The number of primary amides is 1. The number of aliphatic hydroxyl groups excluding tert-OH is 1. The van der Waals surface area contributed by atoms with Gasteiger partial charge in [0.2, 0.25) is 0 Å². The van der Waals surface area contributed by atoms with Crippen molar-refractivity contribution < 1.29 is 9.90 Å². The number of amides is 2. The van der Waals surface area contributed by atoms with E-state index >= 15 is 0 Å². The van der Waals surface area contributed by atoms with E-state index in [0.717, 1.165) is 4.88 Å². The number of carbonyl (C=O) groups is 1. The first-order chi connectivity index (χ1) is 10.9. The first-order valence-corrected chi connectivity index (χ1v) is 8.05. The van der Waals surface area contributed by atoms with Crippen molar-refractivity contribution in [3.63, 3.8) is 0 Å². The van der Waals surface area contributed by atoms with Crippen molar-refractivity contribution in [2.24, 2.45) is 5.73 Å². The molecule has 3 N–H and O–H groups in total. The Balaban J connectivity index is 2.40. The fourth-order valence-corrected chi connectivity index (χ4v) is 2.83. The first kappa shape index (κ1) is 17.0. The maximum Gasteiger partial charge on any atom is 0.325 e. The van der Waals surface area contributed by atoms with Crippen LogP contribution in [0.1, 0.15) is 37.1 Å². The number of rotatable bonds is 3. The Labute approximate surface area is 139 Å². The monoisotopic (exact) mass is 329 g/mol. The van der Waals surface area contributed by atoms with E-state index in [1.54, 1.807) is 37.4 Å². The van der Waals surface area contributed by atoms with Gasteiger partial charge < -0.3 is 10.8 Å². The van der Waals surface area contributed by atoms with Crippen LogP contribution < -0.4 is 10.6 Å². The summed E-state index contributed by atoms with van der Waals surface area (Å²) in [7, 11) is 0. The van der Waals surface area contributed by atoms with Gasteiger partial charge in [-0.3, -0.25) is 0 Å². The summed E-state index contributed by atoms with van der Waals surface area (Å²) >= 11 is 1.43. The summed E-state index contributed by atoms with van der Waals surface area (Å²) < 4.78 is 0. The molecule has 1 atom stereocenters. The molecule has 23 heavy (non-hydrogen) atoms. The number of hydrogen-bond acceptors (Lipinski definition) is 4. The molecule has 0 spiro atoms. The van der Waals surface area contributed by atoms with Crippen molar-refractivity contribution in [1.82, 2.24) is 4.98 Å². The number of nitrogens with zero attached hydrogens (tertiary/aromatic N) is 2. The molecule has 0 aliphatic heterocycles. The highest BCUT2D eigenvalue weighted by molar-refractivity contribution is 7.15. The topological polar surface area (TPSA) is 79.5 Å². The lowest BCUT2D eigenvalue weighted by Gasteiger charge is -2.17. The summed E-state index contributed by atoms with van der Waals surface area (Å²) in [5, 5.41) is 9.78. The molecule has 1 heterocycles. The molecule has 1 unspecified atom stereocenters. The van der Waals surface area contributed by atoms with Crippen molar-refractivity contribution in [3.8, 4) is 11.8 Å². The lowest BCUT2D eigenvalue weighted by atomic mass is 10.2. The van der Waals surface area contributed by atoms with Crippen LogP contribution in [-0.2, 0) is 0 Å². The van der Waals surface area contributed by atoms with Crippen LogP contribution in [0.3, 0.4) is 0 Å². The fraction of sp³-hybridized carbons (Fsp3) is 0.294. The van der Waals surface area contributed by atoms with Gasteiger partial charge in [0.1, 0.15) is 6.10 Å². The highest BCUT2D eigenvalue weighted by Gasteiger charge is 2.19. The molecule has 0 bridgehead atoms. The van der Waals surface area contributed by atoms with Gasteiger partial charge in [-0.2, -0.15) is 0 Å². The van der Waals surface area contributed by atoms with Gasteiger partial charge in [-0.05, 0) is 31.0 Å². The predicted octanol–water partition coefficient (Wildman–Crippen LogP) is 3.22. The molecule has 120 valence electrons. The number of benzene rings is 1. The first-order valence-electron chi connectivity index (χ1n) is 7.23. The van der Waals surface area contributed by atoms with E-state index in [4.69, 9.17) is 5.73 Å². The van der Waals surface area contributed by atoms with E-state index < -0.39 is 12.1 Å². The van der Waals surface area contributed by atoms with Crippen molar-refractivity contribution in [1.29, 1.82) is 0 Å². The van der Waals surface area contributed by atoms with Crippen LogP contribution in [0.15, 0.2) is 30.5 Å². The fourth-order valence-electron chi connectivity index (χ4n) is 1.89. The second kappa shape index (κ2) is 7.27. The molecule has 5 nitrogen and oxygen atoms in total. The number of anilines is 2. The van der Waals surface area contributed by atoms with Gasteiger partial charge in [0, 0.05) is 16.6 Å². The molecule has 0 saturated heterocycles. The second-order valence-electron chi connectivity index (χ2n) is 5.37. The number of carbonyl (C=O) groups excluding carboxylic acids is 1. The minimum absolute atomic E-state index is 0.333. The molecule has 0 aliphatic carbocycles. The molecule has 2 aromatic rings. The lowest BCUT2D eigenvalue weighted by molar-refractivity contribution is 0.253. The van der Waals surface area contributed by atoms with E-state index in [0.29, 0.717) is 22.3 Å². The number of aromatic nitrogens is 1. The smallest absolute Gasteiger partial charge is 0.325 e. The summed E-state index contributed by atoms with van der Waals surface area (Å²) in [6, 6.07) is 6.51. The molecule has 0 saturated carbocycles. The number of thiazole rings is 1. The van der Waals surface area contributed by atoms with E-state index in [-0.39, 0.29) is 0 Å². The van der Waals surface area contributed by atoms with Gasteiger partial charge >= 0.3 is 6.03 Å². The Morgan fingerprint density at radius 2 is 2.13 bits per heavy atom. The zero-order valence-corrected chi connectivity index (χ0v) is 14.1.